The van der Waals surface area contributed by atoms with Crippen LogP contribution in [0.2, 0.25) is 0 Å². The highest BCUT2D eigenvalue weighted by Gasteiger charge is 2.13. The Kier molecular flexibility index (Phi) is 3.47. The smallest absolute Gasteiger partial charge is 0.148 e. The van der Waals surface area contributed by atoms with E-state index in [0.717, 1.165) is 5.69 Å². The van der Waals surface area contributed by atoms with E-state index in [1.165, 1.54) is 11.6 Å². The van der Waals surface area contributed by atoms with Gasteiger partial charge in [-0.2, -0.15) is 0 Å². The van der Waals surface area contributed by atoms with Crippen molar-refractivity contribution in [2.24, 2.45) is 0 Å². The van der Waals surface area contributed by atoms with Crippen molar-refractivity contribution < 1.29 is 4.39 Å². The summed E-state index contributed by atoms with van der Waals surface area (Å²) in [4.78, 5) is 0. The number of halogens is 1. The molecule has 2 rings (SSSR count). The monoisotopic (exact) mass is 258 g/mol. The Hall–Kier alpha value is -2.03. The van der Waals surface area contributed by atoms with E-state index in [-0.39, 0.29) is 11.1 Å². The molecule has 0 bridgehead atoms. The molecular formula is C16H19FN2. The molecule has 2 aromatic rings. The lowest BCUT2D eigenvalue weighted by atomic mass is 9.87. The number of nitrogens with one attached hydrogen (secondary N) is 1. The third-order valence-electron chi connectivity index (χ3n) is 3.08. The standard InChI is InChI=1S/C16H19FN2/c1-16(2,3)11-7-9-12(10-8-11)19-14-6-4-5-13(17)15(14)18/h4-10,19H,18H2,1-3H3. The van der Waals surface area contributed by atoms with Crippen molar-refractivity contribution in [3.8, 4) is 0 Å². The van der Waals surface area contributed by atoms with Gasteiger partial charge >= 0.3 is 0 Å². The van der Waals surface area contributed by atoms with E-state index in [1.807, 2.05) is 12.1 Å². The number of anilines is 3. The maximum absolute atomic E-state index is 13.3. The van der Waals surface area contributed by atoms with Crippen molar-refractivity contribution in [3.63, 3.8) is 0 Å². The van der Waals surface area contributed by atoms with E-state index in [0.29, 0.717) is 5.69 Å². The normalized spacial score (nSPS) is 11.4. The number of hydrogen-bond acceptors (Lipinski definition) is 2. The van der Waals surface area contributed by atoms with Crippen LogP contribution in [0.3, 0.4) is 0 Å². The molecule has 3 heteroatoms. The third-order valence-corrected chi connectivity index (χ3v) is 3.08. The number of rotatable bonds is 2. The fraction of sp³-hybridized carbons (Fsp3) is 0.250. The molecule has 100 valence electrons. The molecule has 2 nitrogen and oxygen atoms in total. The minimum Gasteiger partial charge on any atom is -0.395 e. The number of hydrogen-bond donors (Lipinski definition) is 2. The Morgan fingerprint density at radius 2 is 1.63 bits per heavy atom. The van der Waals surface area contributed by atoms with E-state index in [1.54, 1.807) is 12.1 Å². The van der Waals surface area contributed by atoms with Gasteiger partial charge in [0.15, 0.2) is 0 Å². The molecule has 0 amide bonds. The lowest BCUT2D eigenvalue weighted by Crippen LogP contribution is -2.10. The number of para-hydroxylation sites is 1. The SMILES string of the molecule is CC(C)(C)c1ccc(Nc2cccc(F)c2N)cc1. The van der Waals surface area contributed by atoms with Crippen molar-refractivity contribution in [1.29, 1.82) is 0 Å². The van der Waals surface area contributed by atoms with Crippen molar-refractivity contribution >= 4 is 17.1 Å². The molecule has 3 N–H and O–H groups in total. The molecule has 0 fully saturated rings. The molecule has 0 aliphatic rings. The van der Waals surface area contributed by atoms with Crippen molar-refractivity contribution in [2.75, 3.05) is 11.1 Å². The van der Waals surface area contributed by atoms with E-state index < -0.39 is 5.82 Å². The van der Waals surface area contributed by atoms with Gasteiger partial charge < -0.3 is 11.1 Å². The van der Waals surface area contributed by atoms with E-state index >= 15 is 0 Å². The highest BCUT2D eigenvalue weighted by atomic mass is 19.1. The van der Waals surface area contributed by atoms with Crippen molar-refractivity contribution in [2.45, 2.75) is 26.2 Å². The second kappa shape index (κ2) is 4.92. The summed E-state index contributed by atoms with van der Waals surface area (Å²) in [6.45, 7) is 6.50. The fourth-order valence-electron chi connectivity index (χ4n) is 1.86. The molecule has 0 aromatic heterocycles. The van der Waals surface area contributed by atoms with Gasteiger partial charge in [-0.05, 0) is 35.2 Å². The Morgan fingerprint density at radius 1 is 1.00 bits per heavy atom. The van der Waals surface area contributed by atoms with Crippen LogP contribution in [0.15, 0.2) is 42.5 Å². The van der Waals surface area contributed by atoms with Gasteiger partial charge in [-0.25, -0.2) is 4.39 Å². The summed E-state index contributed by atoms with van der Waals surface area (Å²) in [5.74, 6) is -0.406. The van der Waals surface area contributed by atoms with E-state index in [4.69, 9.17) is 5.73 Å². The lowest BCUT2D eigenvalue weighted by molar-refractivity contribution is 0.590. The summed E-state index contributed by atoms with van der Waals surface area (Å²) >= 11 is 0. The van der Waals surface area contributed by atoms with E-state index in [2.05, 4.69) is 38.2 Å². The Labute approximate surface area is 113 Å². The van der Waals surface area contributed by atoms with Crippen LogP contribution in [0, 0.1) is 5.82 Å². The Balaban J connectivity index is 2.23. The zero-order valence-corrected chi connectivity index (χ0v) is 11.5. The molecule has 0 radical (unpaired) electrons. The molecular weight excluding hydrogens is 239 g/mol. The van der Waals surface area contributed by atoms with Crippen LogP contribution < -0.4 is 11.1 Å². The predicted octanol–water partition coefficient (Wildman–Crippen LogP) is 4.45. The second-order valence-electron chi connectivity index (χ2n) is 5.65. The first-order chi connectivity index (χ1) is 8.88. The maximum Gasteiger partial charge on any atom is 0.148 e. The molecule has 0 saturated heterocycles. The van der Waals surface area contributed by atoms with Crippen LogP contribution in [0.4, 0.5) is 21.5 Å². The molecule has 0 saturated carbocycles. The summed E-state index contributed by atoms with van der Waals surface area (Å²) in [6, 6.07) is 12.8. The molecule has 0 aliphatic heterocycles. The first-order valence-corrected chi connectivity index (χ1v) is 6.29. The lowest BCUT2D eigenvalue weighted by Gasteiger charge is -2.19. The van der Waals surface area contributed by atoms with Gasteiger partial charge in [-0.1, -0.05) is 39.0 Å². The van der Waals surface area contributed by atoms with Crippen LogP contribution in [-0.4, -0.2) is 0 Å². The zero-order valence-electron chi connectivity index (χ0n) is 11.5. The quantitative estimate of drug-likeness (QED) is 0.781. The van der Waals surface area contributed by atoms with Crippen LogP contribution in [0.1, 0.15) is 26.3 Å². The maximum atomic E-state index is 13.3. The number of nitrogen functional groups attached to an aromatic ring is 1. The third kappa shape index (κ3) is 3.05. The molecule has 0 unspecified atom stereocenters. The van der Waals surface area contributed by atoms with Gasteiger partial charge in [0, 0.05) is 5.69 Å². The summed E-state index contributed by atoms with van der Waals surface area (Å²) in [5.41, 5.74) is 8.69. The molecule has 0 aliphatic carbocycles. The number of benzene rings is 2. The highest BCUT2D eigenvalue weighted by Crippen LogP contribution is 2.27. The summed E-state index contributed by atoms with van der Waals surface area (Å²) in [7, 11) is 0. The van der Waals surface area contributed by atoms with E-state index in [9.17, 15) is 4.39 Å². The van der Waals surface area contributed by atoms with Crippen molar-refractivity contribution in [1.82, 2.24) is 0 Å². The first-order valence-electron chi connectivity index (χ1n) is 6.29. The summed E-state index contributed by atoms with van der Waals surface area (Å²) < 4.78 is 13.3. The molecule has 19 heavy (non-hydrogen) atoms. The van der Waals surface area contributed by atoms with Crippen molar-refractivity contribution in [3.05, 3.63) is 53.8 Å². The van der Waals surface area contributed by atoms with Gasteiger partial charge in [0.2, 0.25) is 0 Å². The van der Waals surface area contributed by atoms with Gasteiger partial charge in [-0.3, -0.25) is 0 Å². The Bertz CT molecular complexity index is 568. The van der Waals surface area contributed by atoms with Crippen LogP contribution in [-0.2, 0) is 5.41 Å². The fourth-order valence-corrected chi connectivity index (χ4v) is 1.86. The first kappa shape index (κ1) is 13.4. The topological polar surface area (TPSA) is 38.0 Å². The largest absolute Gasteiger partial charge is 0.395 e. The minimum atomic E-state index is -0.406. The summed E-state index contributed by atoms with van der Waals surface area (Å²) in [6.07, 6.45) is 0. The van der Waals surface area contributed by atoms with Gasteiger partial charge in [0.05, 0.1) is 11.4 Å². The van der Waals surface area contributed by atoms with Crippen LogP contribution in [0.5, 0.6) is 0 Å². The van der Waals surface area contributed by atoms with Crippen LogP contribution >= 0.6 is 0 Å². The predicted molar refractivity (Wildman–Crippen MR) is 79.2 cm³/mol. The summed E-state index contributed by atoms with van der Waals surface area (Å²) in [5, 5.41) is 3.13. The molecule has 0 heterocycles. The average molecular weight is 258 g/mol. The van der Waals surface area contributed by atoms with Gasteiger partial charge in [0.1, 0.15) is 5.82 Å². The Morgan fingerprint density at radius 3 is 2.21 bits per heavy atom. The minimum absolute atomic E-state index is 0.121. The van der Waals surface area contributed by atoms with Crippen LogP contribution in [0.25, 0.3) is 0 Å². The molecule has 0 spiro atoms. The highest BCUT2D eigenvalue weighted by molar-refractivity contribution is 5.72. The van der Waals surface area contributed by atoms with Gasteiger partial charge in [0.25, 0.3) is 0 Å². The molecule has 0 atom stereocenters. The second-order valence-corrected chi connectivity index (χ2v) is 5.65. The number of nitrogens with two attached hydrogens (primary N) is 1. The molecule has 2 aromatic carbocycles. The average Bonchev–Trinajstić information content (AvgIpc) is 2.35. The zero-order chi connectivity index (χ0) is 14.0. The van der Waals surface area contributed by atoms with Gasteiger partial charge in [-0.15, -0.1) is 0 Å².